The van der Waals surface area contributed by atoms with Gasteiger partial charge in [-0.1, -0.05) is 140 Å². The van der Waals surface area contributed by atoms with Gasteiger partial charge in [-0.15, -0.1) is 0 Å². The molecule has 0 atom stereocenters. The highest BCUT2D eigenvalue weighted by Gasteiger charge is 2.17. The van der Waals surface area contributed by atoms with Crippen LogP contribution in [-0.4, -0.2) is 20.7 Å². The Balaban J connectivity index is 1.86. The lowest BCUT2D eigenvalue weighted by molar-refractivity contribution is -0.241. The molecule has 0 N–H and O–H groups in total. The molecule has 0 heterocycles. The summed E-state index contributed by atoms with van der Waals surface area (Å²) in [6.07, 6.45) is 21.5. The zero-order valence-corrected chi connectivity index (χ0v) is 22.6. The van der Waals surface area contributed by atoms with E-state index in [1.165, 1.54) is 95.1 Å². The maximum atomic E-state index is 12.0. The van der Waals surface area contributed by atoms with E-state index in [1.807, 2.05) is 24.3 Å². The molecular formula is C28H50O3Si. The molecule has 0 aromatic heterocycles. The molecule has 0 bridgehead atoms. The molecule has 0 radical (unpaired) electrons. The molecular weight excluding hydrogens is 412 g/mol. The lowest BCUT2D eigenvalue weighted by Crippen LogP contribution is -2.37. The van der Waals surface area contributed by atoms with Gasteiger partial charge in [-0.3, -0.25) is 4.89 Å². The summed E-state index contributed by atoms with van der Waals surface area (Å²) in [6, 6.07) is 7.76. The van der Waals surface area contributed by atoms with E-state index < -0.39 is 14.0 Å². The van der Waals surface area contributed by atoms with Crippen molar-refractivity contribution in [3.8, 4) is 0 Å². The predicted octanol–water partition coefficient (Wildman–Crippen LogP) is 8.58. The Bertz CT molecular complexity index is 577. The van der Waals surface area contributed by atoms with Crippen LogP contribution in [0.15, 0.2) is 24.3 Å². The number of benzene rings is 1. The van der Waals surface area contributed by atoms with Crippen LogP contribution in [0.3, 0.4) is 0 Å². The molecule has 1 aromatic carbocycles. The van der Waals surface area contributed by atoms with Crippen molar-refractivity contribution in [2.24, 2.45) is 0 Å². The van der Waals surface area contributed by atoms with E-state index in [2.05, 4.69) is 26.6 Å². The summed E-state index contributed by atoms with van der Waals surface area (Å²) in [4.78, 5) is 22.1. The van der Waals surface area contributed by atoms with Gasteiger partial charge in [-0.25, -0.2) is 4.79 Å². The van der Waals surface area contributed by atoms with Crippen molar-refractivity contribution in [1.29, 1.82) is 0 Å². The summed E-state index contributed by atoms with van der Waals surface area (Å²) >= 11 is 0. The molecule has 4 heteroatoms. The Morgan fingerprint density at radius 2 is 1.06 bits per heavy atom. The smallest absolute Gasteiger partial charge is 0.293 e. The second-order valence-corrected chi connectivity index (χ2v) is 15.4. The Morgan fingerprint density at radius 3 is 1.47 bits per heavy atom. The quantitative estimate of drug-likeness (QED) is 0.0842. The third-order valence-electron chi connectivity index (χ3n) is 6.20. The summed E-state index contributed by atoms with van der Waals surface area (Å²) in [5.41, 5.74) is 0.555. The molecule has 0 fully saturated rings. The van der Waals surface area contributed by atoms with Crippen molar-refractivity contribution < 1.29 is 14.6 Å². The highest BCUT2D eigenvalue weighted by molar-refractivity contribution is 6.88. The fourth-order valence-electron chi connectivity index (χ4n) is 3.96. The summed E-state index contributed by atoms with van der Waals surface area (Å²) in [7, 11) is -1.34. The maximum Gasteiger partial charge on any atom is 0.373 e. The average molecular weight is 463 g/mol. The normalized spacial score (nSPS) is 11.6. The molecule has 0 aliphatic rings. The lowest BCUT2D eigenvalue weighted by Gasteiger charge is -2.16. The van der Waals surface area contributed by atoms with Crippen molar-refractivity contribution in [2.45, 2.75) is 129 Å². The standard InChI is InChI=1S/C28H50O3Si/c1-5-6-7-8-9-10-11-12-13-14-15-16-17-18-19-20-25-30-31-28(29)26-21-23-27(24-22-26)32(2,3)4/h21-24H,5-20,25H2,1-4H3. The van der Waals surface area contributed by atoms with Crippen LogP contribution in [0.4, 0.5) is 0 Å². The van der Waals surface area contributed by atoms with Gasteiger partial charge in [0.1, 0.15) is 0 Å². The Kier molecular flexibility index (Phi) is 16.5. The van der Waals surface area contributed by atoms with E-state index in [0.717, 1.165) is 12.8 Å². The molecule has 0 aliphatic carbocycles. The first kappa shape index (κ1) is 28.9. The number of hydrogen-bond donors (Lipinski definition) is 0. The van der Waals surface area contributed by atoms with Crippen LogP contribution >= 0.6 is 0 Å². The van der Waals surface area contributed by atoms with Crippen LogP contribution in [0.25, 0.3) is 0 Å². The topological polar surface area (TPSA) is 35.5 Å². The van der Waals surface area contributed by atoms with Crippen molar-refractivity contribution in [2.75, 3.05) is 6.61 Å². The van der Waals surface area contributed by atoms with Crippen LogP contribution in [0.5, 0.6) is 0 Å². The van der Waals surface area contributed by atoms with Crippen LogP contribution in [0.2, 0.25) is 19.6 Å². The predicted molar refractivity (Wildman–Crippen MR) is 140 cm³/mol. The minimum Gasteiger partial charge on any atom is -0.293 e. The highest BCUT2D eigenvalue weighted by atomic mass is 28.3. The summed E-state index contributed by atoms with van der Waals surface area (Å²) in [5.74, 6) is -0.399. The van der Waals surface area contributed by atoms with Gasteiger partial charge in [0, 0.05) is 0 Å². The van der Waals surface area contributed by atoms with Crippen LogP contribution in [0.1, 0.15) is 120 Å². The Morgan fingerprint density at radius 1 is 0.656 bits per heavy atom. The summed E-state index contributed by atoms with van der Waals surface area (Å²) < 4.78 is 0. The molecule has 32 heavy (non-hydrogen) atoms. The summed E-state index contributed by atoms with van der Waals surface area (Å²) in [6.45, 7) is 9.64. The number of rotatable bonds is 20. The third-order valence-corrected chi connectivity index (χ3v) is 8.27. The molecule has 0 unspecified atom stereocenters. The molecule has 0 aliphatic heterocycles. The second kappa shape index (κ2) is 18.3. The minimum atomic E-state index is -1.34. The van der Waals surface area contributed by atoms with E-state index in [9.17, 15) is 4.79 Å². The van der Waals surface area contributed by atoms with Gasteiger partial charge in [0.25, 0.3) is 0 Å². The fraction of sp³-hybridized carbons (Fsp3) is 0.750. The van der Waals surface area contributed by atoms with Gasteiger partial charge in [-0.05, 0) is 18.6 Å². The first-order chi connectivity index (χ1) is 15.4. The van der Waals surface area contributed by atoms with Gasteiger partial charge in [-0.2, -0.15) is 4.89 Å². The van der Waals surface area contributed by atoms with Gasteiger partial charge in [0.15, 0.2) is 0 Å². The largest absolute Gasteiger partial charge is 0.373 e. The van der Waals surface area contributed by atoms with E-state index in [0.29, 0.717) is 12.2 Å². The van der Waals surface area contributed by atoms with Crippen molar-refractivity contribution in [3.05, 3.63) is 29.8 Å². The Hall–Kier alpha value is -1.13. The molecule has 1 aromatic rings. The first-order valence-corrected chi connectivity index (χ1v) is 16.9. The third kappa shape index (κ3) is 14.8. The number of carbonyl (C=O) groups is 1. The number of carbonyl (C=O) groups excluding carboxylic acids is 1. The Labute approximate surface area is 199 Å². The molecule has 1 rings (SSSR count). The van der Waals surface area contributed by atoms with Crippen molar-refractivity contribution >= 4 is 19.2 Å². The van der Waals surface area contributed by atoms with E-state index in [4.69, 9.17) is 9.78 Å². The van der Waals surface area contributed by atoms with Gasteiger partial charge < -0.3 is 0 Å². The van der Waals surface area contributed by atoms with E-state index in [-0.39, 0.29) is 0 Å². The maximum absolute atomic E-state index is 12.0. The van der Waals surface area contributed by atoms with Crippen LogP contribution < -0.4 is 5.19 Å². The minimum absolute atomic E-state index is 0.399. The number of unbranched alkanes of at least 4 members (excludes halogenated alkanes) is 15. The van der Waals surface area contributed by atoms with Crippen LogP contribution in [-0.2, 0) is 9.78 Å². The van der Waals surface area contributed by atoms with E-state index in [1.54, 1.807) is 0 Å². The zero-order valence-electron chi connectivity index (χ0n) is 21.6. The highest BCUT2D eigenvalue weighted by Crippen LogP contribution is 2.14. The van der Waals surface area contributed by atoms with Gasteiger partial charge in [0.2, 0.25) is 0 Å². The average Bonchev–Trinajstić information content (AvgIpc) is 2.77. The molecule has 184 valence electrons. The van der Waals surface area contributed by atoms with Crippen molar-refractivity contribution in [3.63, 3.8) is 0 Å². The second-order valence-electron chi connectivity index (χ2n) is 10.3. The molecule has 0 amide bonds. The van der Waals surface area contributed by atoms with Gasteiger partial charge in [0.05, 0.1) is 20.2 Å². The molecule has 0 spiro atoms. The SMILES string of the molecule is CCCCCCCCCCCCCCCCCCOOC(=O)c1ccc([Si](C)(C)C)cc1. The summed E-state index contributed by atoms with van der Waals surface area (Å²) in [5, 5.41) is 1.34. The van der Waals surface area contributed by atoms with E-state index >= 15 is 0 Å². The molecule has 0 saturated heterocycles. The van der Waals surface area contributed by atoms with Crippen molar-refractivity contribution in [1.82, 2.24) is 0 Å². The number of hydrogen-bond acceptors (Lipinski definition) is 3. The molecule has 0 saturated carbocycles. The first-order valence-electron chi connectivity index (χ1n) is 13.4. The monoisotopic (exact) mass is 462 g/mol. The van der Waals surface area contributed by atoms with Crippen LogP contribution in [0, 0.1) is 0 Å². The fourth-order valence-corrected chi connectivity index (χ4v) is 5.13. The zero-order chi connectivity index (χ0) is 23.5. The lowest BCUT2D eigenvalue weighted by atomic mass is 10.0. The molecule has 3 nitrogen and oxygen atoms in total. The van der Waals surface area contributed by atoms with Gasteiger partial charge >= 0.3 is 5.97 Å².